The lowest BCUT2D eigenvalue weighted by Gasteiger charge is -2.08. The van der Waals surface area contributed by atoms with E-state index in [2.05, 4.69) is 0 Å². The predicted molar refractivity (Wildman–Crippen MR) is 69.0 cm³/mol. The van der Waals surface area contributed by atoms with Crippen LogP contribution in [0.15, 0.2) is 47.4 Å². The molecule has 0 bridgehead atoms. The standard InChI is InChI=1S/C13H12FNO3S/c1-9-3-2-4-12(13(9)14)18-10-5-7-11(8-6-10)19(15,16)17/h2-8H,1H3,(H2,15,16,17). The van der Waals surface area contributed by atoms with Crippen molar-refractivity contribution in [1.29, 1.82) is 0 Å². The zero-order valence-corrected chi connectivity index (χ0v) is 10.9. The van der Waals surface area contributed by atoms with Crippen molar-refractivity contribution in [1.82, 2.24) is 0 Å². The molecule has 0 amide bonds. The first kappa shape index (κ1) is 13.5. The van der Waals surface area contributed by atoms with Crippen molar-refractivity contribution >= 4 is 10.0 Å². The summed E-state index contributed by atoms with van der Waals surface area (Å²) < 4.78 is 41.2. The van der Waals surface area contributed by atoms with E-state index in [9.17, 15) is 12.8 Å². The minimum atomic E-state index is -3.74. The van der Waals surface area contributed by atoms with Crippen LogP contribution in [0.4, 0.5) is 4.39 Å². The van der Waals surface area contributed by atoms with Crippen molar-refractivity contribution < 1.29 is 17.5 Å². The van der Waals surface area contributed by atoms with Gasteiger partial charge in [-0.05, 0) is 42.8 Å². The number of hydrogen-bond acceptors (Lipinski definition) is 3. The van der Waals surface area contributed by atoms with Gasteiger partial charge in [-0.2, -0.15) is 0 Å². The number of halogens is 1. The van der Waals surface area contributed by atoms with Gasteiger partial charge in [0.1, 0.15) is 5.75 Å². The van der Waals surface area contributed by atoms with Crippen LogP contribution in [0, 0.1) is 12.7 Å². The molecule has 0 fully saturated rings. The van der Waals surface area contributed by atoms with Gasteiger partial charge in [0.15, 0.2) is 11.6 Å². The highest BCUT2D eigenvalue weighted by atomic mass is 32.2. The fourth-order valence-electron chi connectivity index (χ4n) is 1.52. The van der Waals surface area contributed by atoms with Gasteiger partial charge in [-0.25, -0.2) is 17.9 Å². The molecule has 0 saturated heterocycles. The molecule has 0 spiro atoms. The Morgan fingerprint density at radius 2 is 1.74 bits per heavy atom. The van der Waals surface area contributed by atoms with Crippen molar-refractivity contribution in [3.05, 3.63) is 53.8 Å². The van der Waals surface area contributed by atoms with E-state index in [0.29, 0.717) is 11.3 Å². The molecule has 0 unspecified atom stereocenters. The van der Waals surface area contributed by atoms with Crippen LogP contribution in [0.5, 0.6) is 11.5 Å². The summed E-state index contributed by atoms with van der Waals surface area (Å²) in [6.45, 7) is 1.63. The van der Waals surface area contributed by atoms with E-state index >= 15 is 0 Å². The lowest BCUT2D eigenvalue weighted by molar-refractivity contribution is 0.439. The van der Waals surface area contributed by atoms with Gasteiger partial charge in [-0.15, -0.1) is 0 Å². The lowest BCUT2D eigenvalue weighted by atomic mass is 10.2. The number of aryl methyl sites for hydroxylation is 1. The molecule has 2 rings (SSSR count). The molecular weight excluding hydrogens is 269 g/mol. The van der Waals surface area contributed by atoms with E-state index in [0.717, 1.165) is 0 Å². The van der Waals surface area contributed by atoms with E-state index in [4.69, 9.17) is 9.88 Å². The maximum atomic E-state index is 13.7. The normalized spacial score (nSPS) is 11.3. The molecule has 4 nitrogen and oxygen atoms in total. The van der Waals surface area contributed by atoms with E-state index in [-0.39, 0.29) is 10.6 Å². The van der Waals surface area contributed by atoms with Gasteiger partial charge >= 0.3 is 0 Å². The molecule has 2 aromatic rings. The molecule has 0 radical (unpaired) electrons. The molecule has 0 aromatic heterocycles. The van der Waals surface area contributed by atoms with Crippen LogP contribution >= 0.6 is 0 Å². The highest BCUT2D eigenvalue weighted by Gasteiger charge is 2.09. The summed E-state index contributed by atoms with van der Waals surface area (Å²) in [7, 11) is -3.74. The number of primary sulfonamides is 1. The Labute approximate surface area is 110 Å². The fourth-order valence-corrected chi connectivity index (χ4v) is 2.04. The molecule has 0 aliphatic carbocycles. The lowest BCUT2D eigenvalue weighted by Crippen LogP contribution is -2.11. The largest absolute Gasteiger partial charge is 0.454 e. The molecule has 0 heterocycles. The quantitative estimate of drug-likeness (QED) is 0.940. The molecule has 19 heavy (non-hydrogen) atoms. The first-order valence-electron chi connectivity index (χ1n) is 5.44. The van der Waals surface area contributed by atoms with Gasteiger partial charge in [0.2, 0.25) is 10.0 Å². The third-order valence-electron chi connectivity index (χ3n) is 2.54. The molecule has 2 N–H and O–H groups in total. The zero-order chi connectivity index (χ0) is 14.0. The summed E-state index contributed by atoms with van der Waals surface area (Å²) >= 11 is 0. The smallest absolute Gasteiger partial charge is 0.238 e. The minimum Gasteiger partial charge on any atom is -0.454 e. The van der Waals surface area contributed by atoms with Crippen molar-refractivity contribution in [3.63, 3.8) is 0 Å². The average molecular weight is 281 g/mol. The van der Waals surface area contributed by atoms with Crippen LogP contribution in [0.1, 0.15) is 5.56 Å². The summed E-state index contributed by atoms with van der Waals surface area (Å²) in [6.07, 6.45) is 0. The summed E-state index contributed by atoms with van der Waals surface area (Å²) in [5, 5.41) is 4.97. The van der Waals surface area contributed by atoms with Crippen LogP contribution in [0.25, 0.3) is 0 Å². The third-order valence-corrected chi connectivity index (χ3v) is 3.47. The molecule has 0 aliphatic heterocycles. The Hall–Kier alpha value is -1.92. The second-order valence-corrected chi connectivity index (χ2v) is 5.57. The second-order valence-electron chi connectivity index (χ2n) is 4.01. The number of benzene rings is 2. The number of rotatable bonds is 3. The maximum Gasteiger partial charge on any atom is 0.238 e. The Bertz CT molecular complexity index is 696. The van der Waals surface area contributed by atoms with Gasteiger partial charge in [-0.3, -0.25) is 0 Å². The number of ether oxygens (including phenoxy) is 1. The van der Waals surface area contributed by atoms with Gasteiger partial charge in [-0.1, -0.05) is 12.1 Å². The van der Waals surface area contributed by atoms with Crippen LogP contribution in [0.3, 0.4) is 0 Å². The molecule has 0 saturated carbocycles. The first-order chi connectivity index (χ1) is 8.88. The third kappa shape index (κ3) is 3.10. The fraction of sp³-hybridized carbons (Fsp3) is 0.0769. The second kappa shape index (κ2) is 4.99. The van der Waals surface area contributed by atoms with E-state index in [1.807, 2.05) is 0 Å². The Kier molecular flexibility index (Phi) is 3.55. The molecule has 0 atom stereocenters. The molecule has 6 heteroatoms. The molecule has 100 valence electrons. The van der Waals surface area contributed by atoms with Gasteiger partial charge in [0.05, 0.1) is 4.90 Å². The van der Waals surface area contributed by atoms with Crippen LogP contribution < -0.4 is 9.88 Å². The number of sulfonamides is 1. The van der Waals surface area contributed by atoms with Gasteiger partial charge in [0, 0.05) is 0 Å². The summed E-state index contributed by atoms with van der Waals surface area (Å²) in [4.78, 5) is -0.0236. The minimum absolute atomic E-state index is 0.0236. The maximum absolute atomic E-state index is 13.7. The number of nitrogens with two attached hydrogens (primary N) is 1. The van der Waals surface area contributed by atoms with E-state index in [1.54, 1.807) is 19.1 Å². The molecular formula is C13H12FNO3S. The molecule has 0 aliphatic rings. The Morgan fingerprint density at radius 3 is 2.32 bits per heavy atom. The van der Waals surface area contributed by atoms with Crippen molar-refractivity contribution in [3.8, 4) is 11.5 Å². The van der Waals surface area contributed by atoms with Gasteiger partial charge < -0.3 is 4.74 Å². The highest BCUT2D eigenvalue weighted by Crippen LogP contribution is 2.26. The Balaban J connectivity index is 2.27. The van der Waals surface area contributed by atoms with Crippen LogP contribution in [-0.4, -0.2) is 8.42 Å². The predicted octanol–water partition coefficient (Wildman–Crippen LogP) is 2.57. The number of hydrogen-bond donors (Lipinski definition) is 1. The Morgan fingerprint density at radius 1 is 1.11 bits per heavy atom. The summed E-state index contributed by atoms with van der Waals surface area (Å²) in [5.41, 5.74) is 0.471. The van der Waals surface area contributed by atoms with Crippen molar-refractivity contribution in [2.45, 2.75) is 11.8 Å². The molecule has 2 aromatic carbocycles. The van der Waals surface area contributed by atoms with E-state index < -0.39 is 15.8 Å². The van der Waals surface area contributed by atoms with Crippen LogP contribution in [-0.2, 0) is 10.0 Å². The summed E-state index contributed by atoms with van der Waals surface area (Å²) in [5.74, 6) is -0.0294. The van der Waals surface area contributed by atoms with E-state index in [1.165, 1.54) is 30.3 Å². The van der Waals surface area contributed by atoms with Gasteiger partial charge in [0.25, 0.3) is 0 Å². The monoisotopic (exact) mass is 281 g/mol. The first-order valence-corrected chi connectivity index (χ1v) is 6.98. The topological polar surface area (TPSA) is 69.4 Å². The van der Waals surface area contributed by atoms with Crippen molar-refractivity contribution in [2.24, 2.45) is 5.14 Å². The van der Waals surface area contributed by atoms with Crippen molar-refractivity contribution in [2.75, 3.05) is 0 Å². The zero-order valence-electron chi connectivity index (χ0n) is 10.1. The SMILES string of the molecule is Cc1cccc(Oc2ccc(S(N)(=O)=O)cc2)c1F. The summed E-state index contributed by atoms with van der Waals surface area (Å²) in [6, 6.07) is 10.2. The highest BCUT2D eigenvalue weighted by molar-refractivity contribution is 7.89. The van der Waals surface area contributed by atoms with Crippen LogP contribution in [0.2, 0.25) is 0 Å². The average Bonchev–Trinajstić information content (AvgIpc) is 2.35.